The molecule has 1 aliphatic heterocycles. The predicted molar refractivity (Wildman–Crippen MR) is 164 cm³/mol. The molecule has 2 heterocycles. The van der Waals surface area contributed by atoms with Crippen LogP contribution in [0.2, 0.25) is 0 Å². The maximum atomic E-state index is 14.1. The first-order valence-electron chi connectivity index (χ1n) is 15.3. The molecule has 7 nitrogen and oxygen atoms in total. The van der Waals surface area contributed by atoms with E-state index in [9.17, 15) is 55.6 Å². The summed E-state index contributed by atoms with van der Waals surface area (Å²) in [7, 11) is 0. The molecule has 4 atom stereocenters. The number of phenols is 1. The standard InChI is InChI=1S/C35H31F7N2O5/c1-2-19-13-24-31(33(49)44(32(24)48)23-15-21(34(37,38)39)14-22(16-23)35(40,41)42)25(17-45)30(19)29(47)9-7-20(27-5-3-4-10-43-27)11-18-6-8-28(46)26(36)12-18/h3-6,8,10-12,14-16,24-25,29,31,45-47H,2,7,9,13,17H2,1H3/b20-11-/t24-,25+,29-,31-/m1/s1. The van der Waals surface area contributed by atoms with Crippen molar-refractivity contribution in [1.29, 1.82) is 0 Å². The topological polar surface area (TPSA) is 111 Å². The molecule has 2 amide bonds. The van der Waals surface area contributed by atoms with E-state index in [-0.39, 0.29) is 37.3 Å². The Bertz CT molecular complexity index is 1770. The van der Waals surface area contributed by atoms with Gasteiger partial charge < -0.3 is 15.3 Å². The zero-order chi connectivity index (χ0) is 35.8. The molecule has 14 heteroatoms. The molecular weight excluding hydrogens is 661 g/mol. The summed E-state index contributed by atoms with van der Waals surface area (Å²) in [5, 5.41) is 31.7. The highest BCUT2D eigenvalue weighted by Gasteiger charge is 2.55. The fraction of sp³-hybridized carbons (Fsp3) is 0.343. The van der Waals surface area contributed by atoms with Gasteiger partial charge in [-0.2, -0.15) is 26.3 Å². The summed E-state index contributed by atoms with van der Waals surface area (Å²) >= 11 is 0. The number of carbonyl (C=O) groups is 2. The smallest absolute Gasteiger partial charge is 0.416 e. The van der Waals surface area contributed by atoms with Crippen LogP contribution in [0.3, 0.4) is 0 Å². The number of anilines is 1. The molecular formula is C35H31F7N2O5. The average Bonchev–Trinajstić information content (AvgIpc) is 3.31. The van der Waals surface area contributed by atoms with Crippen molar-refractivity contribution in [2.75, 3.05) is 11.5 Å². The summed E-state index contributed by atoms with van der Waals surface area (Å²) in [6.45, 7) is 0.979. The highest BCUT2D eigenvalue weighted by atomic mass is 19.4. The fourth-order valence-corrected chi connectivity index (χ4v) is 6.71. The molecule has 2 aromatic carbocycles. The number of hydrogen-bond donors (Lipinski definition) is 3. The first-order valence-corrected chi connectivity index (χ1v) is 15.3. The number of aromatic nitrogens is 1. The van der Waals surface area contributed by atoms with Crippen molar-refractivity contribution in [1.82, 2.24) is 4.98 Å². The van der Waals surface area contributed by atoms with Crippen molar-refractivity contribution in [3.8, 4) is 5.75 Å². The second-order valence-electron chi connectivity index (χ2n) is 12.0. The Labute approximate surface area is 276 Å². The number of benzene rings is 2. The van der Waals surface area contributed by atoms with E-state index < -0.39 is 83.0 Å². The maximum Gasteiger partial charge on any atom is 0.416 e. The molecule has 0 radical (unpaired) electrons. The minimum Gasteiger partial charge on any atom is -0.505 e. The molecule has 0 spiro atoms. The molecule has 1 saturated heterocycles. The number of aliphatic hydroxyl groups is 2. The van der Waals surface area contributed by atoms with Gasteiger partial charge in [0.15, 0.2) is 11.6 Å². The summed E-state index contributed by atoms with van der Waals surface area (Å²) in [6, 6.07) is 9.41. The third kappa shape index (κ3) is 7.25. The van der Waals surface area contributed by atoms with Gasteiger partial charge in [-0.1, -0.05) is 24.6 Å². The summed E-state index contributed by atoms with van der Waals surface area (Å²) < 4.78 is 95.7. The number of rotatable bonds is 9. The van der Waals surface area contributed by atoms with Crippen LogP contribution in [0.5, 0.6) is 5.75 Å². The van der Waals surface area contributed by atoms with Gasteiger partial charge >= 0.3 is 12.4 Å². The Morgan fingerprint density at radius 1 is 1.00 bits per heavy atom. The van der Waals surface area contributed by atoms with Gasteiger partial charge in [0.1, 0.15) is 0 Å². The molecule has 2 aliphatic rings. The Morgan fingerprint density at radius 3 is 2.22 bits per heavy atom. The van der Waals surface area contributed by atoms with E-state index in [1.54, 1.807) is 31.2 Å². The number of allylic oxidation sites excluding steroid dienone is 2. The second-order valence-corrected chi connectivity index (χ2v) is 12.0. The largest absolute Gasteiger partial charge is 0.505 e. The molecule has 0 bridgehead atoms. The van der Waals surface area contributed by atoms with E-state index in [1.165, 1.54) is 18.3 Å². The number of fused-ring (bicyclic) bond motifs is 1. The van der Waals surface area contributed by atoms with Gasteiger partial charge in [0, 0.05) is 12.1 Å². The van der Waals surface area contributed by atoms with Gasteiger partial charge in [-0.05, 0) is 90.9 Å². The Balaban J connectivity index is 1.47. The Hall–Kier alpha value is -4.56. The third-order valence-electron chi connectivity index (χ3n) is 8.99. The zero-order valence-corrected chi connectivity index (χ0v) is 25.9. The molecule has 1 aromatic heterocycles. The van der Waals surface area contributed by atoms with Crippen LogP contribution < -0.4 is 4.90 Å². The Kier molecular flexibility index (Phi) is 10.0. The number of phenolic OH excluding ortho intramolecular Hbond substituents is 1. The lowest BCUT2D eigenvalue weighted by molar-refractivity contribution is -0.143. The number of aliphatic hydroxyl groups excluding tert-OH is 2. The SMILES string of the molecule is CCC1=C([C@H](O)CC/C(=C/c2ccc(O)c(F)c2)c2ccccn2)[C@H](CO)[C@@H]2C(=O)N(c3cc(C(F)(F)F)cc(C(F)(F)F)c3)C(=O)[C@@H]2C1. The molecule has 0 unspecified atom stereocenters. The van der Waals surface area contributed by atoms with Crippen molar-refractivity contribution in [2.24, 2.45) is 17.8 Å². The molecule has 49 heavy (non-hydrogen) atoms. The van der Waals surface area contributed by atoms with Crippen LogP contribution in [0.25, 0.3) is 11.6 Å². The van der Waals surface area contributed by atoms with Crippen LogP contribution >= 0.6 is 0 Å². The normalized spacial score (nSPS) is 21.0. The highest BCUT2D eigenvalue weighted by Crippen LogP contribution is 2.49. The molecule has 1 fully saturated rings. The number of amides is 2. The molecule has 3 aromatic rings. The number of pyridine rings is 1. The van der Waals surface area contributed by atoms with Crippen molar-refractivity contribution >= 4 is 29.2 Å². The van der Waals surface area contributed by atoms with Crippen LogP contribution in [0.1, 0.15) is 55.0 Å². The molecule has 260 valence electrons. The van der Waals surface area contributed by atoms with Crippen molar-refractivity contribution in [3.05, 3.63) is 100 Å². The summed E-state index contributed by atoms with van der Waals surface area (Å²) in [6.07, 6.45) is -8.25. The van der Waals surface area contributed by atoms with Crippen LogP contribution in [-0.2, 0) is 21.9 Å². The number of carbonyl (C=O) groups excluding carboxylic acids is 2. The number of hydrogen-bond acceptors (Lipinski definition) is 6. The third-order valence-corrected chi connectivity index (χ3v) is 8.99. The van der Waals surface area contributed by atoms with Gasteiger partial charge in [0.2, 0.25) is 11.8 Å². The number of nitrogens with zero attached hydrogens (tertiary/aromatic N) is 2. The lowest BCUT2D eigenvalue weighted by Crippen LogP contribution is -2.39. The van der Waals surface area contributed by atoms with E-state index in [0.29, 0.717) is 39.4 Å². The summed E-state index contributed by atoms with van der Waals surface area (Å²) in [4.78, 5) is 32.0. The lowest BCUT2D eigenvalue weighted by Gasteiger charge is -2.36. The molecule has 5 rings (SSSR count). The van der Waals surface area contributed by atoms with Crippen LogP contribution in [-0.4, -0.2) is 44.8 Å². The van der Waals surface area contributed by atoms with Crippen LogP contribution in [0.15, 0.2) is 71.9 Å². The van der Waals surface area contributed by atoms with E-state index >= 15 is 0 Å². The number of aromatic hydroxyl groups is 1. The van der Waals surface area contributed by atoms with Crippen LogP contribution in [0, 0.1) is 23.6 Å². The van der Waals surface area contributed by atoms with Gasteiger partial charge in [-0.3, -0.25) is 14.6 Å². The zero-order valence-electron chi connectivity index (χ0n) is 25.9. The summed E-state index contributed by atoms with van der Waals surface area (Å²) in [5.74, 6) is -7.17. The minimum absolute atomic E-state index is 0.00408. The number of imide groups is 1. The first kappa shape index (κ1) is 35.7. The van der Waals surface area contributed by atoms with E-state index in [2.05, 4.69) is 4.98 Å². The predicted octanol–water partition coefficient (Wildman–Crippen LogP) is 7.17. The quantitative estimate of drug-likeness (QED) is 0.125. The lowest BCUT2D eigenvalue weighted by atomic mass is 9.67. The maximum absolute atomic E-state index is 14.1. The van der Waals surface area contributed by atoms with Gasteiger partial charge in [0.25, 0.3) is 0 Å². The van der Waals surface area contributed by atoms with E-state index in [1.807, 2.05) is 0 Å². The minimum atomic E-state index is -5.21. The van der Waals surface area contributed by atoms with Crippen molar-refractivity contribution in [3.63, 3.8) is 0 Å². The Morgan fingerprint density at radius 2 is 1.67 bits per heavy atom. The second kappa shape index (κ2) is 13.7. The van der Waals surface area contributed by atoms with E-state index in [4.69, 9.17) is 0 Å². The number of alkyl halides is 6. The summed E-state index contributed by atoms with van der Waals surface area (Å²) in [5.41, 5.74) is -2.01. The highest BCUT2D eigenvalue weighted by molar-refractivity contribution is 6.22. The van der Waals surface area contributed by atoms with Gasteiger partial charge in [0.05, 0.1) is 47.1 Å². The molecule has 3 N–H and O–H groups in total. The van der Waals surface area contributed by atoms with Crippen molar-refractivity contribution < 1.29 is 55.6 Å². The average molecular weight is 693 g/mol. The number of halogens is 7. The molecule has 0 saturated carbocycles. The monoisotopic (exact) mass is 692 g/mol. The molecule has 1 aliphatic carbocycles. The fourth-order valence-electron chi connectivity index (χ4n) is 6.71. The van der Waals surface area contributed by atoms with Gasteiger partial charge in [-0.15, -0.1) is 0 Å². The van der Waals surface area contributed by atoms with E-state index in [0.717, 1.165) is 6.07 Å². The van der Waals surface area contributed by atoms with Crippen LogP contribution in [0.4, 0.5) is 36.4 Å². The van der Waals surface area contributed by atoms with Crippen molar-refractivity contribution in [2.45, 2.75) is 51.1 Å². The van der Waals surface area contributed by atoms with Gasteiger partial charge in [-0.25, -0.2) is 9.29 Å². The first-order chi connectivity index (χ1) is 23.0.